The van der Waals surface area contributed by atoms with Gasteiger partial charge < -0.3 is 5.11 Å². The first-order valence-electron chi connectivity index (χ1n) is 4.10. The van der Waals surface area contributed by atoms with Crippen LogP contribution in [-0.4, -0.2) is 11.7 Å². The van der Waals surface area contributed by atoms with E-state index in [2.05, 4.69) is 0 Å². The van der Waals surface area contributed by atoms with E-state index in [-0.39, 0.29) is 18.9 Å². The van der Waals surface area contributed by atoms with Gasteiger partial charge in [-0.3, -0.25) is 0 Å². The maximum absolute atomic E-state index is 8.64. The molecule has 7 heavy (non-hydrogen) atoms. The van der Waals surface area contributed by atoms with Gasteiger partial charge in [-0.1, -0.05) is 26.6 Å². The zero-order valence-corrected chi connectivity index (χ0v) is 4.65. The molecule has 1 nitrogen and oxygen atoms in total. The van der Waals surface area contributed by atoms with E-state index in [1.165, 1.54) is 0 Å². The smallest absolute Gasteiger partial charge is 0.0459 e. The Kier molecular flexibility index (Phi) is 1.82. The highest BCUT2D eigenvalue weighted by atomic mass is 16.3. The summed E-state index contributed by atoms with van der Waals surface area (Å²) in [4.78, 5) is 0. The molecule has 0 aromatic carbocycles. The van der Waals surface area contributed by atoms with Gasteiger partial charge in [-0.2, -0.15) is 0 Å². The molecule has 1 atom stereocenters. The van der Waals surface area contributed by atoms with E-state index in [1.54, 1.807) is 0 Å². The molecule has 0 aliphatic carbocycles. The van der Waals surface area contributed by atoms with Crippen molar-refractivity contribution in [1.82, 2.24) is 0 Å². The molecule has 0 unspecified atom stereocenters. The summed E-state index contributed by atoms with van der Waals surface area (Å²) in [6, 6.07) is 0. The molecule has 0 bridgehead atoms. The average molecular weight is 105 g/mol. The van der Waals surface area contributed by atoms with Gasteiger partial charge in [0.25, 0.3) is 0 Å². The summed E-state index contributed by atoms with van der Waals surface area (Å²) in [5.41, 5.74) is 0. The van der Waals surface area contributed by atoms with Crippen LogP contribution in [0.1, 0.15) is 30.7 Å². The molecule has 0 spiro atoms. The third-order valence-electron chi connectivity index (χ3n) is 1.12. The van der Waals surface area contributed by atoms with Crippen molar-refractivity contribution >= 4 is 0 Å². The van der Waals surface area contributed by atoms with Crippen LogP contribution >= 0.6 is 0 Å². The van der Waals surface area contributed by atoms with E-state index < -0.39 is 6.85 Å². The van der Waals surface area contributed by atoms with Crippen LogP contribution in [0, 0.1) is 5.92 Å². The quantitative estimate of drug-likeness (QED) is 0.575. The highest BCUT2D eigenvalue weighted by Crippen LogP contribution is 2.03. The topological polar surface area (TPSA) is 20.2 Å². The van der Waals surface area contributed by atoms with Crippen LogP contribution in [0.3, 0.4) is 0 Å². The molecule has 0 saturated heterocycles. The lowest BCUT2D eigenvalue weighted by Crippen LogP contribution is -2.01. The number of aliphatic hydroxyl groups excluding tert-OH is 1. The fourth-order valence-corrected chi connectivity index (χ4v) is 0.338. The largest absolute Gasteiger partial charge is 0.396 e. The van der Waals surface area contributed by atoms with Crippen LogP contribution in [0.4, 0.5) is 0 Å². The molecular weight excluding hydrogens is 88.1 g/mol. The minimum atomic E-state index is -1.89. The molecule has 1 N–H and O–H groups in total. The van der Waals surface area contributed by atoms with E-state index in [4.69, 9.17) is 9.22 Å². The van der Waals surface area contributed by atoms with Gasteiger partial charge in [-0.25, -0.2) is 0 Å². The first kappa shape index (κ1) is 3.08. The molecular formula is C6H14O. The Morgan fingerprint density at radius 1 is 1.71 bits per heavy atom. The van der Waals surface area contributed by atoms with Crippen molar-refractivity contribution in [3.05, 3.63) is 0 Å². The fraction of sp³-hybridized carbons (Fsp3) is 1.00. The van der Waals surface area contributed by atoms with E-state index in [9.17, 15) is 0 Å². The molecule has 0 aliphatic heterocycles. The maximum atomic E-state index is 8.64. The third-order valence-corrected chi connectivity index (χ3v) is 1.12. The lowest BCUT2D eigenvalue weighted by molar-refractivity contribution is 0.219. The highest BCUT2D eigenvalue weighted by Gasteiger charge is 1.97. The van der Waals surface area contributed by atoms with Gasteiger partial charge in [0.05, 0.1) is 0 Å². The van der Waals surface area contributed by atoms with Crippen molar-refractivity contribution in [3.63, 3.8) is 0 Å². The minimum absolute atomic E-state index is 0.0190. The lowest BCUT2D eigenvalue weighted by atomic mass is 10.1. The Hall–Kier alpha value is -0.0400. The number of aliphatic hydroxyl groups is 1. The van der Waals surface area contributed by atoms with Gasteiger partial charge in [0, 0.05) is 10.7 Å². The van der Waals surface area contributed by atoms with Crippen LogP contribution in [0.25, 0.3) is 0 Å². The molecule has 0 aromatic rings. The summed E-state index contributed by atoms with van der Waals surface area (Å²) < 4.78 is 20.7. The molecule has 0 aliphatic rings. The average Bonchev–Trinajstić information content (AvgIpc) is 1.81. The predicted octanol–water partition coefficient (Wildman–Crippen LogP) is 1.41. The highest BCUT2D eigenvalue weighted by molar-refractivity contribution is 4.48. The number of hydrogen-bond acceptors (Lipinski definition) is 1. The third kappa shape index (κ3) is 2.63. The molecule has 0 fully saturated rings. The fourth-order valence-electron chi connectivity index (χ4n) is 0.338. The second kappa shape index (κ2) is 4.13. The first-order valence-corrected chi connectivity index (χ1v) is 2.60. The zero-order chi connectivity index (χ0) is 8.20. The van der Waals surface area contributed by atoms with Crippen molar-refractivity contribution < 1.29 is 9.22 Å². The van der Waals surface area contributed by atoms with E-state index in [0.717, 1.165) is 6.42 Å². The van der Waals surface area contributed by atoms with Crippen molar-refractivity contribution in [2.45, 2.75) is 26.6 Å². The van der Waals surface area contributed by atoms with Crippen molar-refractivity contribution in [2.24, 2.45) is 5.92 Å². The second-order valence-corrected chi connectivity index (χ2v) is 1.66. The SMILES string of the molecule is [2H]C([2H])([2H])C[C@@H](CC)CO. The van der Waals surface area contributed by atoms with E-state index in [1.807, 2.05) is 6.92 Å². The lowest BCUT2D eigenvalue weighted by Gasteiger charge is -2.04. The molecule has 44 valence electrons. The van der Waals surface area contributed by atoms with Crippen molar-refractivity contribution in [2.75, 3.05) is 6.61 Å². The predicted molar refractivity (Wildman–Crippen MR) is 31.2 cm³/mol. The molecule has 0 amide bonds. The summed E-state index contributed by atoms with van der Waals surface area (Å²) in [5, 5.41) is 8.64. The van der Waals surface area contributed by atoms with Gasteiger partial charge >= 0.3 is 0 Å². The van der Waals surface area contributed by atoms with Crippen LogP contribution in [0.2, 0.25) is 0 Å². The normalized spacial score (nSPS) is 22.3. The van der Waals surface area contributed by atoms with Crippen LogP contribution < -0.4 is 0 Å². The molecule has 0 radical (unpaired) electrons. The first-order chi connectivity index (χ1) is 4.49. The van der Waals surface area contributed by atoms with Gasteiger partial charge in [0.15, 0.2) is 0 Å². The number of rotatable bonds is 3. The Balaban J connectivity index is 3.63. The summed E-state index contributed by atoms with van der Waals surface area (Å²) in [7, 11) is 0. The van der Waals surface area contributed by atoms with Gasteiger partial charge in [-0.15, -0.1) is 0 Å². The minimum Gasteiger partial charge on any atom is -0.396 e. The van der Waals surface area contributed by atoms with E-state index >= 15 is 0 Å². The summed E-state index contributed by atoms with van der Waals surface area (Å²) in [6.45, 7) is -0.0229. The zero-order valence-electron chi connectivity index (χ0n) is 7.65. The maximum Gasteiger partial charge on any atom is 0.0459 e. The van der Waals surface area contributed by atoms with Gasteiger partial charge in [0.1, 0.15) is 0 Å². The molecule has 1 heteroatoms. The van der Waals surface area contributed by atoms with Crippen LogP contribution in [-0.2, 0) is 0 Å². The summed E-state index contributed by atoms with van der Waals surface area (Å²) in [5.74, 6) is -0.0625. The Morgan fingerprint density at radius 3 is 2.57 bits per heavy atom. The Morgan fingerprint density at radius 2 is 2.43 bits per heavy atom. The standard InChI is InChI=1S/C6H14O/c1-3-6(4-2)5-7/h6-7H,3-5H2,1-2H3/i1D3/t6-/m0/s1. The van der Waals surface area contributed by atoms with E-state index in [0.29, 0.717) is 0 Å². The second-order valence-electron chi connectivity index (χ2n) is 1.66. The van der Waals surface area contributed by atoms with Gasteiger partial charge in [0.2, 0.25) is 0 Å². The van der Waals surface area contributed by atoms with Crippen molar-refractivity contribution in [1.29, 1.82) is 0 Å². The van der Waals surface area contributed by atoms with Crippen molar-refractivity contribution in [3.8, 4) is 0 Å². The molecule has 0 heterocycles. The van der Waals surface area contributed by atoms with Crippen LogP contribution in [0.15, 0.2) is 0 Å². The Bertz CT molecular complexity index is 85.5. The molecule has 0 aromatic heterocycles. The van der Waals surface area contributed by atoms with Crippen LogP contribution in [0.5, 0.6) is 0 Å². The van der Waals surface area contributed by atoms with Gasteiger partial charge in [-0.05, 0) is 5.92 Å². The number of hydrogen-bond donors (Lipinski definition) is 1. The monoisotopic (exact) mass is 105 g/mol. The molecule has 0 saturated carbocycles. The summed E-state index contributed by atoms with van der Waals surface area (Å²) in [6.07, 6.45) is 0.856. The Labute approximate surface area is 49.6 Å². The summed E-state index contributed by atoms with van der Waals surface area (Å²) >= 11 is 0. The molecule has 0 rings (SSSR count).